The number of nitrogens with zero attached hydrogens (tertiary/aromatic N) is 2. The zero-order chi connectivity index (χ0) is 13.8. The Bertz CT molecular complexity index is 594. The first-order chi connectivity index (χ1) is 9.83. The first kappa shape index (κ1) is 12.7. The van der Waals surface area contributed by atoms with Gasteiger partial charge in [-0.1, -0.05) is 0 Å². The van der Waals surface area contributed by atoms with E-state index in [1.807, 2.05) is 18.2 Å². The first-order valence-corrected chi connectivity index (χ1v) is 6.82. The first-order valence-electron chi connectivity index (χ1n) is 6.82. The molecule has 3 rings (SSSR count). The summed E-state index contributed by atoms with van der Waals surface area (Å²) in [5, 5.41) is 12.8. The molecule has 0 unspecified atom stereocenters. The normalized spacial score (nSPS) is 13.4. The highest BCUT2D eigenvalue weighted by atomic mass is 16.1. The molecule has 0 fully saturated rings. The fraction of sp³-hybridized carbons (Fsp3) is 0.357. The maximum atomic E-state index is 12.1. The molecule has 6 heteroatoms. The Kier molecular flexibility index (Phi) is 3.62. The van der Waals surface area contributed by atoms with Crippen molar-refractivity contribution in [3.05, 3.63) is 41.5 Å². The van der Waals surface area contributed by atoms with Gasteiger partial charge in [-0.15, -0.1) is 0 Å². The van der Waals surface area contributed by atoms with Crippen molar-refractivity contribution in [1.29, 1.82) is 0 Å². The van der Waals surface area contributed by atoms with Gasteiger partial charge in [0.1, 0.15) is 12.2 Å². The molecule has 0 bridgehead atoms. The lowest BCUT2D eigenvalue weighted by Gasteiger charge is -2.18. The van der Waals surface area contributed by atoms with Crippen molar-refractivity contribution in [3.8, 4) is 0 Å². The molecule has 1 aliphatic heterocycles. The average Bonchev–Trinajstić information content (AvgIpc) is 3.00. The monoisotopic (exact) mass is 271 g/mol. The number of aromatic amines is 1. The van der Waals surface area contributed by atoms with Crippen LogP contribution in [0, 0.1) is 0 Å². The predicted octanol–water partition coefficient (Wildman–Crippen LogP) is 1.14. The second kappa shape index (κ2) is 5.73. The zero-order valence-electron chi connectivity index (χ0n) is 11.1. The van der Waals surface area contributed by atoms with Gasteiger partial charge in [-0.3, -0.25) is 9.89 Å². The molecule has 2 heterocycles. The molecule has 20 heavy (non-hydrogen) atoms. The van der Waals surface area contributed by atoms with E-state index in [2.05, 4.69) is 25.8 Å². The fourth-order valence-corrected chi connectivity index (χ4v) is 2.36. The van der Waals surface area contributed by atoms with E-state index in [1.54, 1.807) is 0 Å². The Hall–Kier alpha value is -2.37. The minimum absolute atomic E-state index is 0.0436. The van der Waals surface area contributed by atoms with Crippen molar-refractivity contribution in [2.75, 3.05) is 18.4 Å². The summed E-state index contributed by atoms with van der Waals surface area (Å²) >= 11 is 0. The summed E-state index contributed by atoms with van der Waals surface area (Å²) in [4.78, 5) is 16.1. The van der Waals surface area contributed by atoms with Crippen LogP contribution in [-0.4, -0.2) is 34.2 Å². The van der Waals surface area contributed by atoms with Crippen molar-refractivity contribution in [2.24, 2.45) is 0 Å². The van der Waals surface area contributed by atoms with Gasteiger partial charge in [-0.25, -0.2) is 4.98 Å². The Labute approximate surface area is 117 Å². The molecule has 1 amide bonds. The summed E-state index contributed by atoms with van der Waals surface area (Å²) in [7, 11) is 0. The largest absolute Gasteiger partial charge is 0.385 e. The Balaban J connectivity index is 1.59. The summed E-state index contributed by atoms with van der Waals surface area (Å²) in [6.45, 7) is 1.55. The molecule has 2 aromatic rings. The van der Waals surface area contributed by atoms with E-state index in [0.717, 1.165) is 30.9 Å². The Morgan fingerprint density at radius 2 is 2.35 bits per heavy atom. The molecule has 0 spiro atoms. The molecular formula is C14H17N5O. The van der Waals surface area contributed by atoms with E-state index in [9.17, 15) is 4.79 Å². The number of carbonyl (C=O) groups is 1. The Morgan fingerprint density at radius 3 is 3.20 bits per heavy atom. The number of hydrogen-bond acceptors (Lipinski definition) is 4. The molecule has 104 valence electrons. The third-order valence-corrected chi connectivity index (χ3v) is 3.42. The smallest absolute Gasteiger partial charge is 0.251 e. The third kappa shape index (κ3) is 2.79. The maximum Gasteiger partial charge on any atom is 0.251 e. The van der Waals surface area contributed by atoms with Crippen LogP contribution in [-0.2, 0) is 12.8 Å². The van der Waals surface area contributed by atoms with Gasteiger partial charge in [0.15, 0.2) is 0 Å². The van der Waals surface area contributed by atoms with E-state index < -0.39 is 0 Å². The number of amides is 1. The van der Waals surface area contributed by atoms with Crippen molar-refractivity contribution in [2.45, 2.75) is 19.3 Å². The van der Waals surface area contributed by atoms with Crippen molar-refractivity contribution in [1.82, 2.24) is 20.5 Å². The lowest BCUT2D eigenvalue weighted by Crippen LogP contribution is -2.26. The molecule has 3 N–H and O–H groups in total. The summed E-state index contributed by atoms with van der Waals surface area (Å²) in [6, 6.07) is 5.83. The number of rotatable bonds is 4. The lowest BCUT2D eigenvalue weighted by atomic mass is 10.0. The summed E-state index contributed by atoms with van der Waals surface area (Å²) in [6.07, 6.45) is 4.26. The molecule has 0 atom stereocenters. The topological polar surface area (TPSA) is 82.7 Å². The van der Waals surface area contributed by atoms with Gasteiger partial charge in [-0.2, -0.15) is 5.10 Å². The second-order valence-corrected chi connectivity index (χ2v) is 4.84. The molecule has 0 radical (unpaired) electrons. The van der Waals surface area contributed by atoms with Crippen LogP contribution in [0.2, 0.25) is 0 Å². The van der Waals surface area contributed by atoms with Crippen LogP contribution in [0.4, 0.5) is 5.69 Å². The highest BCUT2D eigenvalue weighted by Gasteiger charge is 2.12. The fourth-order valence-electron chi connectivity index (χ4n) is 2.36. The third-order valence-electron chi connectivity index (χ3n) is 3.42. The highest BCUT2D eigenvalue weighted by molar-refractivity contribution is 5.94. The van der Waals surface area contributed by atoms with E-state index in [-0.39, 0.29) is 5.91 Å². The number of aryl methyl sites for hydroxylation is 1. The molecule has 0 aliphatic carbocycles. The molecule has 0 saturated carbocycles. The number of benzene rings is 1. The number of carbonyl (C=O) groups excluding carboxylic acids is 1. The average molecular weight is 271 g/mol. The standard InChI is InChI=1S/C14H17N5O/c20-14(16-7-5-13-17-9-18-19-13)11-3-4-12-10(8-11)2-1-6-15-12/h3-4,8-9,15H,1-2,5-7H2,(H,16,20)(H,17,18,19). The van der Waals surface area contributed by atoms with Crippen LogP contribution in [0.3, 0.4) is 0 Å². The maximum absolute atomic E-state index is 12.1. The summed E-state index contributed by atoms with van der Waals surface area (Å²) < 4.78 is 0. The molecule has 1 aromatic heterocycles. The molecule has 1 aliphatic rings. The van der Waals surface area contributed by atoms with E-state index in [1.165, 1.54) is 11.9 Å². The summed E-state index contributed by atoms with van der Waals surface area (Å²) in [5.41, 5.74) is 3.08. The lowest BCUT2D eigenvalue weighted by molar-refractivity contribution is 0.0954. The number of H-pyrrole nitrogens is 1. The van der Waals surface area contributed by atoms with Crippen molar-refractivity contribution >= 4 is 11.6 Å². The highest BCUT2D eigenvalue weighted by Crippen LogP contribution is 2.22. The summed E-state index contributed by atoms with van der Waals surface area (Å²) in [5.74, 6) is 0.734. The van der Waals surface area contributed by atoms with Crippen LogP contribution in [0.5, 0.6) is 0 Å². The molecule has 6 nitrogen and oxygen atoms in total. The van der Waals surface area contributed by atoms with E-state index in [4.69, 9.17) is 0 Å². The molecule has 0 saturated heterocycles. The van der Waals surface area contributed by atoms with Gasteiger partial charge in [0.2, 0.25) is 0 Å². The predicted molar refractivity (Wildman–Crippen MR) is 75.7 cm³/mol. The van der Waals surface area contributed by atoms with Gasteiger partial charge >= 0.3 is 0 Å². The zero-order valence-corrected chi connectivity index (χ0v) is 11.1. The van der Waals surface area contributed by atoms with Crippen molar-refractivity contribution in [3.63, 3.8) is 0 Å². The van der Waals surface area contributed by atoms with Gasteiger partial charge in [0.25, 0.3) is 5.91 Å². The minimum atomic E-state index is -0.0436. The van der Waals surface area contributed by atoms with Gasteiger partial charge in [0.05, 0.1) is 0 Å². The number of anilines is 1. The van der Waals surface area contributed by atoms with Gasteiger partial charge in [0, 0.05) is 30.8 Å². The van der Waals surface area contributed by atoms with Crippen LogP contribution >= 0.6 is 0 Å². The number of fused-ring (bicyclic) bond motifs is 1. The van der Waals surface area contributed by atoms with Gasteiger partial charge < -0.3 is 10.6 Å². The van der Waals surface area contributed by atoms with Crippen molar-refractivity contribution < 1.29 is 4.79 Å². The van der Waals surface area contributed by atoms with Crippen LogP contribution < -0.4 is 10.6 Å². The van der Waals surface area contributed by atoms with Crippen LogP contribution in [0.25, 0.3) is 0 Å². The molecular weight excluding hydrogens is 254 g/mol. The second-order valence-electron chi connectivity index (χ2n) is 4.84. The van der Waals surface area contributed by atoms with Crippen LogP contribution in [0.1, 0.15) is 28.2 Å². The minimum Gasteiger partial charge on any atom is -0.385 e. The van der Waals surface area contributed by atoms with E-state index >= 15 is 0 Å². The number of hydrogen-bond donors (Lipinski definition) is 3. The number of aromatic nitrogens is 3. The Morgan fingerprint density at radius 1 is 1.40 bits per heavy atom. The number of nitrogens with one attached hydrogen (secondary N) is 3. The molecule has 1 aromatic carbocycles. The van der Waals surface area contributed by atoms with Gasteiger partial charge in [-0.05, 0) is 36.6 Å². The van der Waals surface area contributed by atoms with E-state index in [0.29, 0.717) is 18.5 Å². The quantitative estimate of drug-likeness (QED) is 0.778. The SMILES string of the molecule is O=C(NCCc1ncn[nH]1)c1ccc2c(c1)CCCN2. The van der Waals surface area contributed by atoms with Crippen LogP contribution in [0.15, 0.2) is 24.5 Å².